The first kappa shape index (κ1) is 23.8. The molecule has 0 aliphatic carbocycles. The Labute approximate surface area is 182 Å². The number of nitrogens with zero attached hydrogens (tertiary/aromatic N) is 2. The van der Waals surface area contributed by atoms with Crippen LogP contribution in [0.5, 0.6) is 0 Å². The van der Waals surface area contributed by atoms with Crippen molar-refractivity contribution in [2.24, 2.45) is 4.99 Å². The molecule has 0 fully saturated rings. The molecule has 0 unspecified atom stereocenters. The number of aryl methyl sites for hydroxylation is 1. The number of thiazole rings is 1. The maximum atomic E-state index is 11.7. The fourth-order valence-electron chi connectivity index (χ4n) is 2.23. The van der Waals surface area contributed by atoms with Crippen LogP contribution in [0.2, 0.25) is 0 Å². The summed E-state index contributed by atoms with van der Waals surface area (Å²) in [6.07, 6.45) is 3.80. The first-order valence-corrected chi connectivity index (χ1v) is 10.7. The maximum Gasteiger partial charge on any atom is 0.240 e. The molecule has 0 saturated carbocycles. The van der Waals surface area contributed by atoms with Gasteiger partial charge in [0.05, 0.1) is 9.90 Å². The normalized spacial score (nSPS) is 11.7. The van der Waals surface area contributed by atoms with Crippen molar-refractivity contribution in [3.8, 4) is 0 Å². The van der Waals surface area contributed by atoms with Crippen molar-refractivity contribution in [3.63, 3.8) is 0 Å². The lowest BCUT2D eigenvalue weighted by molar-refractivity contribution is 0.588. The van der Waals surface area contributed by atoms with Crippen LogP contribution < -0.4 is 15.4 Å². The van der Waals surface area contributed by atoms with Gasteiger partial charge >= 0.3 is 0 Å². The van der Waals surface area contributed by atoms with Crippen LogP contribution in [-0.2, 0) is 29.4 Å². The van der Waals surface area contributed by atoms with E-state index < -0.39 is 10.0 Å². The van der Waals surface area contributed by atoms with Gasteiger partial charge in [0.1, 0.15) is 0 Å². The largest absolute Gasteiger partial charge is 0.356 e. The number of aromatic nitrogens is 1. The van der Waals surface area contributed by atoms with Crippen LogP contribution in [0.15, 0.2) is 40.4 Å². The third-order valence-corrected chi connectivity index (χ3v) is 6.40. The van der Waals surface area contributed by atoms with Crippen LogP contribution in [0.4, 0.5) is 0 Å². The molecule has 0 saturated heterocycles. The Bertz CT molecular complexity index is 835. The molecule has 0 spiro atoms. The van der Waals surface area contributed by atoms with E-state index in [-0.39, 0.29) is 28.9 Å². The molecular weight excluding hydrogens is 497 g/mol. The molecule has 1 aromatic heterocycles. The van der Waals surface area contributed by atoms with Gasteiger partial charge in [0.2, 0.25) is 10.0 Å². The van der Waals surface area contributed by atoms with E-state index in [1.807, 2.05) is 6.20 Å². The monoisotopic (exact) mass is 523 g/mol. The second-order valence-corrected chi connectivity index (χ2v) is 8.61. The van der Waals surface area contributed by atoms with Gasteiger partial charge in [0.25, 0.3) is 0 Å². The Morgan fingerprint density at radius 3 is 2.48 bits per heavy atom. The number of hydrogen-bond donors (Lipinski definition) is 3. The molecule has 0 radical (unpaired) electrons. The molecule has 0 aliphatic rings. The average molecular weight is 523 g/mol. The molecular formula is C17H26IN5O2S2. The number of hydrogen-bond acceptors (Lipinski definition) is 5. The number of benzene rings is 1. The number of aliphatic imine (C=N–C) groups is 1. The predicted octanol–water partition coefficient (Wildman–Crippen LogP) is 2.14. The highest BCUT2D eigenvalue weighted by atomic mass is 127. The SMILES string of the molecule is CCc1cnc(CCNC(=NC)NCc2ccc(S(=O)(=O)NC)cc2)s1.I. The third kappa shape index (κ3) is 7.35. The summed E-state index contributed by atoms with van der Waals surface area (Å²) in [6.45, 7) is 3.43. The fourth-order valence-corrected chi connectivity index (χ4v) is 3.82. The summed E-state index contributed by atoms with van der Waals surface area (Å²) in [7, 11) is -0.284. The van der Waals surface area contributed by atoms with Crippen LogP contribution >= 0.6 is 35.3 Å². The van der Waals surface area contributed by atoms with Crippen molar-refractivity contribution in [1.82, 2.24) is 20.3 Å². The molecule has 2 aromatic rings. The zero-order valence-corrected chi connectivity index (χ0v) is 19.6. The highest BCUT2D eigenvalue weighted by Gasteiger charge is 2.10. The minimum Gasteiger partial charge on any atom is -0.356 e. The molecule has 10 heteroatoms. The summed E-state index contributed by atoms with van der Waals surface area (Å²) in [6, 6.07) is 6.75. The van der Waals surface area contributed by atoms with Crippen molar-refractivity contribution in [1.29, 1.82) is 0 Å². The van der Waals surface area contributed by atoms with Gasteiger partial charge in [-0.1, -0.05) is 19.1 Å². The minimum absolute atomic E-state index is 0. The van der Waals surface area contributed by atoms with Crippen molar-refractivity contribution in [3.05, 3.63) is 45.9 Å². The molecule has 7 nitrogen and oxygen atoms in total. The van der Waals surface area contributed by atoms with Gasteiger partial charge in [-0.05, 0) is 31.2 Å². The lowest BCUT2D eigenvalue weighted by Crippen LogP contribution is -2.37. The maximum absolute atomic E-state index is 11.7. The van der Waals surface area contributed by atoms with Crippen LogP contribution in [0.25, 0.3) is 0 Å². The van der Waals surface area contributed by atoms with Crippen molar-refractivity contribution >= 4 is 51.3 Å². The van der Waals surface area contributed by atoms with Gasteiger partial charge in [-0.2, -0.15) is 0 Å². The lowest BCUT2D eigenvalue weighted by atomic mass is 10.2. The molecule has 3 N–H and O–H groups in total. The molecule has 2 rings (SSSR count). The lowest BCUT2D eigenvalue weighted by Gasteiger charge is -2.11. The van der Waals surface area contributed by atoms with Crippen LogP contribution in [0.1, 0.15) is 22.4 Å². The molecule has 0 bridgehead atoms. The van der Waals surface area contributed by atoms with E-state index in [1.165, 1.54) is 11.9 Å². The van der Waals surface area contributed by atoms with Gasteiger partial charge in [-0.3, -0.25) is 4.99 Å². The van der Waals surface area contributed by atoms with Gasteiger partial charge in [-0.15, -0.1) is 35.3 Å². The Hall–Kier alpha value is -1.24. The predicted molar refractivity (Wildman–Crippen MR) is 121 cm³/mol. The quantitative estimate of drug-likeness (QED) is 0.280. The first-order valence-electron chi connectivity index (χ1n) is 8.39. The number of nitrogens with one attached hydrogen (secondary N) is 3. The zero-order chi connectivity index (χ0) is 19.0. The number of halogens is 1. The van der Waals surface area contributed by atoms with E-state index in [0.717, 1.165) is 30.0 Å². The van der Waals surface area contributed by atoms with Gasteiger partial charge in [0.15, 0.2) is 5.96 Å². The summed E-state index contributed by atoms with van der Waals surface area (Å²) in [4.78, 5) is 10.1. The zero-order valence-electron chi connectivity index (χ0n) is 15.7. The topological polar surface area (TPSA) is 95.5 Å². The van der Waals surface area contributed by atoms with E-state index in [9.17, 15) is 8.42 Å². The van der Waals surface area contributed by atoms with E-state index >= 15 is 0 Å². The van der Waals surface area contributed by atoms with Crippen LogP contribution in [0, 0.1) is 0 Å². The standard InChI is InChI=1S/C17H25N5O2S2.HI/c1-4-14-12-21-16(25-14)9-10-20-17(18-2)22-11-13-5-7-15(8-6-13)26(23,24)19-3;/h5-8,12,19H,4,9-11H2,1-3H3,(H2,18,20,22);1H. The van der Waals surface area contributed by atoms with E-state index in [1.54, 1.807) is 42.6 Å². The van der Waals surface area contributed by atoms with Crippen LogP contribution in [0.3, 0.4) is 0 Å². The number of sulfonamides is 1. The van der Waals surface area contributed by atoms with Gasteiger partial charge < -0.3 is 10.6 Å². The summed E-state index contributed by atoms with van der Waals surface area (Å²) < 4.78 is 25.7. The van der Waals surface area contributed by atoms with Gasteiger partial charge in [0, 0.05) is 37.6 Å². The summed E-state index contributed by atoms with van der Waals surface area (Å²) >= 11 is 1.74. The van der Waals surface area contributed by atoms with Crippen LogP contribution in [-0.4, -0.2) is 40.0 Å². The molecule has 0 amide bonds. The summed E-state index contributed by atoms with van der Waals surface area (Å²) in [5, 5.41) is 7.59. The minimum atomic E-state index is -3.40. The second-order valence-electron chi connectivity index (χ2n) is 5.53. The second kappa shape index (κ2) is 11.6. The number of guanidine groups is 1. The van der Waals surface area contributed by atoms with E-state index in [2.05, 4.69) is 32.3 Å². The molecule has 0 atom stereocenters. The van der Waals surface area contributed by atoms with E-state index in [4.69, 9.17) is 0 Å². The number of rotatable bonds is 8. The Kier molecular flexibility index (Phi) is 10.2. The summed E-state index contributed by atoms with van der Waals surface area (Å²) in [5.74, 6) is 0.698. The molecule has 0 aliphatic heterocycles. The van der Waals surface area contributed by atoms with Crippen molar-refractivity contribution < 1.29 is 8.42 Å². The summed E-state index contributed by atoms with van der Waals surface area (Å²) in [5.41, 5.74) is 0.968. The first-order chi connectivity index (χ1) is 12.5. The molecule has 1 heterocycles. The Morgan fingerprint density at radius 2 is 1.93 bits per heavy atom. The van der Waals surface area contributed by atoms with Gasteiger partial charge in [-0.25, -0.2) is 18.1 Å². The third-order valence-electron chi connectivity index (χ3n) is 3.77. The molecule has 1 aromatic carbocycles. The smallest absolute Gasteiger partial charge is 0.240 e. The van der Waals surface area contributed by atoms with E-state index in [0.29, 0.717) is 12.5 Å². The molecule has 150 valence electrons. The Morgan fingerprint density at radius 1 is 1.22 bits per heavy atom. The van der Waals surface area contributed by atoms with Crippen molar-refractivity contribution in [2.75, 3.05) is 20.6 Å². The average Bonchev–Trinajstić information content (AvgIpc) is 3.13. The highest BCUT2D eigenvalue weighted by Crippen LogP contribution is 2.13. The fraction of sp³-hybridized carbons (Fsp3) is 0.412. The molecule has 27 heavy (non-hydrogen) atoms. The highest BCUT2D eigenvalue weighted by molar-refractivity contribution is 14.0. The Balaban J connectivity index is 0.00000364. The van der Waals surface area contributed by atoms with Crippen molar-refractivity contribution in [2.45, 2.75) is 31.2 Å².